The molecule has 27 heavy (non-hydrogen) atoms. The van der Waals surface area contributed by atoms with Crippen molar-refractivity contribution in [3.8, 4) is 17.2 Å². The van der Waals surface area contributed by atoms with E-state index in [1.54, 1.807) is 30.3 Å². The molecule has 0 aliphatic heterocycles. The maximum absolute atomic E-state index is 12.3. The van der Waals surface area contributed by atoms with Crippen LogP contribution in [0, 0.1) is 0 Å². The van der Waals surface area contributed by atoms with Gasteiger partial charge in [0, 0.05) is 18.4 Å². The number of carbonyl (C=O) groups excluding carboxylic acids is 1. The molecule has 0 aromatic heterocycles. The molecule has 2 aromatic rings. The Morgan fingerprint density at radius 2 is 1.52 bits per heavy atom. The van der Waals surface area contributed by atoms with E-state index in [2.05, 4.69) is 10.6 Å². The maximum Gasteiger partial charge on any atom is 0.243 e. The van der Waals surface area contributed by atoms with Crippen LogP contribution in [0.25, 0.3) is 0 Å². The lowest BCUT2D eigenvalue weighted by atomic mass is 10.2. The lowest BCUT2D eigenvalue weighted by Crippen LogP contribution is -2.22. The Hall–Kier alpha value is -2.94. The van der Waals surface area contributed by atoms with Crippen molar-refractivity contribution in [2.24, 2.45) is 0 Å². The van der Waals surface area contributed by atoms with Gasteiger partial charge < -0.3 is 24.8 Å². The van der Waals surface area contributed by atoms with E-state index >= 15 is 0 Å². The number of methoxy groups -OCH3 is 3. The zero-order chi connectivity index (χ0) is 20.0. The molecule has 146 valence electrons. The number of anilines is 2. The first-order valence-electron chi connectivity index (χ1n) is 7.92. The Balaban J connectivity index is 2.12. The van der Waals surface area contributed by atoms with Gasteiger partial charge in [0.15, 0.2) is 9.84 Å². The van der Waals surface area contributed by atoms with Crippen LogP contribution in [0.5, 0.6) is 17.2 Å². The predicted molar refractivity (Wildman–Crippen MR) is 103 cm³/mol. The Morgan fingerprint density at radius 3 is 2.07 bits per heavy atom. The molecule has 0 unspecified atom stereocenters. The summed E-state index contributed by atoms with van der Waals surface area (Å²) in [4.78, 5) is 12.3. The number of amides is 1. The van der Waals surface area contributed by atoms with Crippen LogP contribution in [0.15, 0.2) is 41.3 Å². The quantitative estimate of drug-likeness (QED) is 0.707. The van der Waals surface area contributed by atoms with E-state index in [0.717, 1.165) is 6.26 Å². The van der Waals surface area contributed by atoms with Crippen molar-refractivity contribution in [3.05, 3.63) is 36.4 Å². The zero-order valence-corrected chi connectivity index (χ0v) is 16.3. The summed E-state index contributed by atoms with van der Waals surface area (Å²) in [6, 6.07) is 9.57. The lowest BCUT2D eigenvalue weighted by molar-refractivity contribution is -0.114. The number of hydrogen-bond donors (Lipinski definition) is 2. The molecule has 0 fully saturated rings. The average Bonchev–Trinajstić information content (AvgIpc) is 2.65. The van der Waals surface area contributed by atoms with Crippen molar-refractivity contribution in [2.75, 3.05) is 44.8 Å². The van der Waals surface area contributed by atoms with Crippen molar-refractivity contribution in [3.63, 3.8) is 0 Å². The molecule has 0 saturated heterocycles. The summed E-state index contributed by atoms with van der Waals surface area (Å²) in [7, 11) is 0.967. The molecule has 0 radical (unpaired) electrons. The fraction of sp³-hybridized carbons (Fsp3) is 0.278. The monoisotopic (exact) mass is 394 g/mol. The molecule has 0 aliphatic rings. The summed E-state index contributed by atoms with van der Waals surface area (Å²) in [5, 5.41) is 5.55. The van der Waals surface area contributed by atoms with E-state index < -0.39 is 9.84 Å². The van der Waals surface area contributed by atoms with Crippen LogP contribution in [-0.4, -0.2) is 48.5 Å². The van der Waals surface area contributed by atoms with E-state index in [0.29, 0.717) is 28.6 Å². The number of ether oxygens (including phenoxy) is 3. The van der Waals surface area contributed by atoms with Crippen LogP contribution in [0.2, 0.25) is 0 Å². The number of sulfone groups is 1. The third kappa shape index (κ3) is 5.27. The lowest BCUT2D eigenvalue weighted by Gasteiger charge is -2.14. The van der Waals surface area contributed by atoms with E-state index in [1.807, 2.05) is 0 Å². The number of carbonyl (C=O) groups is 1. The standard InChI is InChI=1S/C18H22N2O6S/c1-24-12-5-7-14(16(9-12)26-3)20-18(21)11-19-15-8-6-13(25-2)10-17(15)27(4,22)23/h5-10,19H,11H2,1-4H3,(H,20,21). The van der Waals surface area contributed by atoms with Gasteiger partial charge in [-0.25, -0.2) is 8.42 Å². The van der Waals surface area contributed by atoms with Gasteiger partial charge >= 0.3 is 0 Å². The molecule has 0 heterocycles. The van der Waals surface area contributed by atoms with Gasteiger partial charge in [0.05, 0.1) is 44.1 Å². The van der Waals surface area contributed by atoms with Crippen LogP contribution in [0.1, 0.15) is 0 Å². The largest absolute Gasteiger partial charge is 0.497 e. The molecule has 1 amide bonds. The van der Waals surface area contributed by atoms with Crippen molar-refractivity contribution in [1.82, 2.24) is 0 Å². The van der Waals surface area contributed by atoms with Gasteiger partial charge in [-0.2, -0.15) is 0 Å². The fourth-order valence-corrected chi connectivity index (χ4v) is 3.22. The van der Waals surface area contributed by atoms with Crippen molar-refractivity contribution in [1.29, 1.82) is 0 Å². The van der Waals surface area contributed by atoms with Crippen molar-refractivity contribution in [2.45, 2.75) is 4.90 Å². The van der Waals surface area contributed by atoms with Gasteiger partial charge in [-0.1, -0.05) is 0 Å². The molecule has 2 N–H and O–H groups in total. The molecule has 2 rings (SSSR count). The average molecular weight is 394 g/mol. The smallest absolute Gasteiger partial charge is 0.243 e. The molecule has 0 atom stereocenters. The summed E-state index contributed by atoms with van der Waals surface area (Å²) < 4.78 is 39.4. The highest BCUT2D eigenvalue weighted by Crippen LogP contribution is 2.29. The Bertz CT molecular complexity index is 927. The van der Waals surface area contributed by atoms with E-state index in [-0.39, 0.29) is 17.3 Å². The Kier molecular flexibility index (Phi) is 6.51. The molecule has 0 saturated carbocycles. The third-order valence-corrected chi connectivity index (χ3v) is 4.85. The minimum absolute atomic E-state index is 0.0525. The molecule has 2 aromatic carbocycles. The van der Waals surface area contributed by atoms with Crippen LogP contribution in [-0.2, 0) is 14.6 Å². The van der Waals surface area contributed by atoms with Gasteiger partial charge in [0.2, 0.25) is 5.91 Å². The summed E-state index contributed by atoms with van der Waals surface area (Å²) >= 11 is 0. The highest BCUT2D eigenvalue weighted by atomic mass is 32.2. The Morgan fingerprint density at radius 1 is 0.926 bits per heavy atom. The zero-order valence-electron chi connectivity index (χ0n) is 15.5. The number of benzene rings is 2. The second-order valence-electron chi connectivity index (χ2n) is 5.60. The summed E-state index contributed by atoms with van der Waals surface area (Å²) in [6.07, 6.45) is 1.09. The number of hydrogen-bond acceptors (Lipinski definition) is 7. The number of nitrogens with one attached hydrogen (secondary N) is 2. The fourth-order valence-electron chi connectivity index (χ4n) is 2.35. The van der Waals surface area contributed by atoms with Gasteiger partial charge in [-0.3, -0.25) is 4.79 Å². The van der Waals surface area contributed by atoms with Crippen LogP contribution < -0.4 is 24.8 Å². The maximum atomic E-state index is 12.3. The second-order valence-corrected chi connectivity index (χ2v) is 7.59. The van der Waals surface area contributed by atoms with Gasteiger partial charge in [-0.05, 0) is 24.3 Å². The van der Waals surface area contributed by atoms with Crippen LogP contribution in [0.4, 0.5) is 11.4 Å². The van der Waals surface area contributed by atoms with Gasteiger partial charge in [-0.15, -0.1) is 0 Å². The minimum atomic E-state index is -3.50. The SMILES string of the molecule is COc1ccc(NC(=O)CNc2ccc(OC)cc2S(C)(=O)=O)c(OC)c1. The first-order chi connectivity index (χ1) is 12.8. The first-order valence-corrected chi connectivity index (χ1v) is 9.81. The van der Waals surface area contributed by atoms with E-state index in [1.165, 1.54) is 27.4 Å². The first kappa shape index (κ1) is 20.4. The molecule has 0 bridgehead atoms. The molecule has 0 aliphatic carbocycles. The highest BCUT2D eigenvalue weighted by Gasteiger charge is 2.16. The summed E-state index contributed by atoms with van der Waals surface area (Å²) in [5.74, 6) is 1.09. The topological polar surface area (TPSA) is 103 Å². The number of rotatable bonds is 8. The van der Waals surface area contributed by atoms with E-state index in [9.17, 15) is 13.2 Å². The summed E-state index contributed by atoms with van der Waals surface area (Å²) in [5.41, 5.74) is 0.790. The molecule has 0 spiro atoms. The molecular formula is C18H22N2O6S. The van der Waals surface area contributed by atoms with Crippen molar-refractivity contribution >= 4 is 27.1 Å². The van der Waals surface area contributed by atoms with Gasteiger partial charge in [0.25, 0.3) is 0 Å². The predicted octanol–water partition coefficient (Wildman–Crippen LogP) is 2.17. The molecular weight excluding hydrogens is 372 g/mol. The normalized spacial score (nSPS) is 10.8. The van der Waals surface area contributed by atoms with Crippen LogP contribution >= 0.6 is 0 Å². The molecule has 8 nitrogen and oxygen atoms in total. The highest BCUT2D eigenvalue weighted by molar-refractivity contribution is 7.90. The minimum Gasteiger partial charge on any atom is -0.497 e. The van der Waals surface area contributed by atoms with Crippen molar-refractivity contribution < 1.29 is 27.4 Å². The second kappa shape index (κ2) is 8.63. The third-order valence-electron chi connectivity index (χ3n) is 3.71. The van der Waals surface area contributed by atoms with Gasteiger partial charge in [0.1, 0.15) is 17.2 Å². The van der Waals surface area contributed by atoms with E-state index in [4.69, 9.17) is 14.2 Å². The van der Waals surface area contributed by atoms with Crippen LogP contribution in [0.3, 0.4) is 0 Å². The molecule has 9 heteroatoms. The Labute approximate surface area is 158 Å². The summed E-state index contributed by atoms with van der Waals surface area (Å²) in [6.45, 7) is -0.135.